The first-order valence-electron chi connectivity index (χ1n) is 8.59. The third-order valence-electron chi connectivity index (χ3n) is 5.17. The Kier molecular flexibility index (Phi) is 6.07. The monoisotopic (exact) mass is 314 g/mol. The minimum absolute atomic E-state index is 0.0259. The number of rotatable bonds is 6. The SMILES string of the molecule is CN(CC1OCCO1)C1CCC(N(C)CC2OCCO2)CC1. The highest BCUT2D eigenvalue weighted by atomic mass is 16.7. The van der Waals surface area contributed by atoms with E-state index in [-0.39, 0.29) is 12.6 Å². The highest BCUT2D eigenvalue weighted by Crippen LogP contribution is 2.26. The van der Waals surface area contributed by atoms with E-state index in [1.54, 1.807) is 0 Å². The van der Waals surface area contributed by atoms with Crippen LogP contribution >= 0.6 is 0 Å². The second-order valence-electron chi connectivity index (χ2n) is 6.68. The largest absolute Gasteiger partial charge is 0.349 e. The molecule has 6 nitrogen and oxygen atoms in total. The molecule has 2 heterocycles. The van der Waals surface area contributed by atoms with Crippen molar-refractivity contribution in [2.24, 2.45) is 0 Å². The molecule has 0 N–H and O–H groups in total. The number of hydrogen-bond donors (Lipinski definition) is 0. The average Bonchev–Trinajstić information content (AvgIpc) is 3.21. The van der Waals surface area contributed by atoms with Crippen LogP contribution < -0.4 is 0 Å². The second-order valence-corrected chi connectivity index (χ2v) is 6.68. The summed E-state index contributed by atoms with van der Waals surface area (Å²) in [6, 6.07) is 1.30. The van der Waals surface area contributed by atoms with Crippen LogP contribution in [0.25, 0.3) is 0 Å². The van der Waals surface area contributed by atoms with E-state index in [1.165, 1.54) is 25.7 Å². The van der Waals surface area contributed by atoms with Gasteiger partial charge in [0.2, 0.25) is 0 Å². The lowest BCUT2D eigenvalue weighted by atomic mass is 9.89. The Hall–Kier alpha value is -0.240. The molecule has 0 spiro atoms. The summed E-state index contributed by atoms with van der Waals surface area (Å²) in [7, 11) is 4.39. The van der Waals surface area contributed by atoms with Crippen molar-refractivity contribution in [1.29, 1.82) is 0 Å². The van der Waals surface area contributed by atoms with E-state index in [1.807, 2.05) is 0 Å². The molecule has 0 unspecified atom stereocenters. The normalized spacial score (nSPS) is 31.6. The van der Waals surface area contributed by atoms with Gasteiger partial charge in [-0.2, -0.15) is 0 Å². The van der Waals surface area contributed by atoms with Gasteiger partial charge in [0.25, 0.3) is 0 Å². The summed E-state index contributed by atoms with van der Waals surface area (Å²) < 4.78 is 22.2. The van der Waals surface area contributed by atoms with E-state index >= 15 is 0 Å². The van der Waals surface area contributed by atoms with E-state index in [0.717, 1.165) is 39.5 Å². The first-order chi connectivity index (χ1) is 10.7. The summed E-state index contributed by atoms with van der Waals surface area (Å²) >= 11 is 0. The Morgan fingerprint density at radius 1 is 0.636 bits per heavy atom. The maximum Gasteiger partial charge on any atom is 0.170 e. The Morgan fingerprint density at radius 2 is 0.955 bits per heavy atom. The summed E-state index contributed by atoms with van der Waals surface area (Å²) in [5, 5.41) is 0. The van der Waals surface area contributed by atoms with E-state index in [2.05, 4.69) is 23.9 Å². The van der Waals surface area contributed by atoms with E-state index in [4.69, 9.17) is 18.9 Å². The Morgan fingerprint density at radius 3 is 1.27 bits per heavy atom. The predicted octanol–water partition coefficient (Wildman–Crippen LogP) is 0.907. The van der Waals surface area contributed by atoms with Crippen molar-refractivity contribution in [2.75, 3.05) is 53.6 Å². The molecule has 0 atom stereocenters. The van der Waals surface area contributed by atoms with Crippen LogP contribution in [0.1, 0.15) is 25.7 Å². The van der Waals surface area contributed by atoms with E-state index in [9.17, 15) is 0 Å². The molecule has 0 aromatic rings. The fourth-order valence-electron chi connectivity index (χ4n) is 3.73. The molecule has 2 aliphatic heterocycles. The van der Waals surface area contributed by atoms with Gasteiger partial charge >= 0.3 is 0 Å². The zero-order valence-corrected chi connectivity index (χ0v) is 13.9. The van der Waals surface area contributed by atoms with Crippen LogP contribution in [0.2, 0.25) is 0 Å². The number of likely N-dealkylation sites (N-methyl/N-ethyl adjacent to an activating group) is 2. The van der Waals surface area contributed by atoms with Crippen LogP contribution in [-0.2, 0) is 18.9 Å². The summed E-state index contributed by atoms with van der Waals surface area (Å²) in [5.74, 6) is 0. The van der Waals surface area contributed by atoms with Crippen molar-refractivity contribution < 1.29 is 18.9 Å². The van der Waals surface area contributed by atoms with Gasteiger partial charge in [-0.1, -0.05) is 0 Å². The van der Waals surface area contributed by atoms with Crippen molar-refractivity contribution >= 4 is 0 Å². The quantitative estimate of drug-likeness (QED) is 0.726. The van der Waals surface area contributed by atoms with Gasteiger partial charge in [-0.05, 0) is 39.8 Å². The Labute approximate surface area is 133 Å². The molecule has 6 heteroatoms. The van der Waals surface area contributed by atoms with Crippen LogP contribution in [0.5, 0.6) is 0 Å². The molecule has 128 valence electrons. The molecular weight excluding hydrogens is 284 g/mol. The molecule has 1 aliphatic carbocycles. The zero-order valence-electron chi connectivity index (χ0n) is 13.9. The smallest absolute Gasteiger partial charge is 0.170 e. The van der Waals surface area contributed by atoms with Gasteiger partial charge in [-0.15, -0.1) is 0 Å². The highest BCUT2D eigenvalue weighted by Gasteiger charge is 2.30. The maximum absolute atomic E-state index is 5.55. The average molecular weight is 314 g/mol. The lowest BCUT2D eigenvalue weighted by Gasteiger charge is -2.39. The van der Waals surface area contributed by atoms with Gasteiger partial charge in [-0.25, -0.2) is 0 Å². The van der Waals surface area contributed by atoms with Crippen LogP contribution in [0.15, 0.2) is 0 Å². The van der Waals surface area contributed by atoms with Crippen LogP contribution in [0.3, 0.4) is 0 Å². The van der Waals surface area contributed by atoms with Crippen molar-refractivity contribution in [3.05, 3.63) is 0 Å². The van der Waals surface area contributed by atoms with Gasteiger partial charge in [0, 0.05) is 25.2 Å². The summed E-state index contributed by atoms with van der Waals surface area (Å²) in [5.41, 5.74) is 0. The summed E-state index contributed by atoms with van der Waals surface area (Å²) in [6.07, 6.45) is 4.91. The molecule has 0 bridgehead atoms. The first kappa shape index (κ1) is 16.6. The second kappa shape index (κ2) is 8.04. The van der Waals surface area contributed by atoms with Gasteiger partial charge in [0.1, 0.15) is 0 Å². The number of nitrogens with zero attached hydrogens (tertiary/aromatic N) is 2. The molecule has 3 fully saturated rings. The lowest BCUT2D eigenvalue weighted by molar-refractivity contribution is -0.0736. The minimum Gasteiger partial charge on any atom is -0.349 e. The molecule has 0 amide bonds. The molecule has 1 saturated carbocycles. The number of hydrogen-bond acceptors (Lipinski definition) is 6. The van der Waals surface area contributed by atoms with Crippen LogP contribution in [-0.4, -0.2) is 88.1 Å². The summed E-state index contributed by atoms with van der Waals surface area (Å²) in [4.78, 5) is 4.82. The molecule has 0 aromatic heterocycles. The maximum atomic E-state index is 5.55. The zero-order chi connectivity index (χ0) is 15.4. The Balaban J connectivity index is 1.37. The fourth-order valence-corrected chi connectivity index (χ4v) is 3.73. The third kappa shape index (κ3) is 4.40. The molecule has 3 aliphatic rings. The highest BCUT2D eigenvalue weighted by molar-refractivity contribution is 4.83. The molecule has 2 saturated heterocycles. The molecule has 0 aromatic carbocycles. The number of ether oxygens (including phenoxy) is 4. The van der Waals surface area contributed by atoms with E-state index < -0.39 is 0 Å². The van der Waals surface area contributed by atoms with Crippen LogP contribution in [0.4, 0.5) is 0 Å². The standard InChI is InChI=1S/C16H30N2O4/c1-17(11-15-19-7-8-20-15)13-3-5-14(6-4-13)18(2)12-16-21-9-10-22-16/h13-16H,3-12H2,1-2H3. The molecule has 0 radical (unpaired) electrons. The third-order valence-corrected chi connectivity index (χ3v) is 5.17. The van der Waals surface area contributed by atoms with Crippen LogP contribution in [0, 0.1) is 0 Å². The van der Waals surface area contributed by atoms with Gasteiger partial charge in [-0.3, -0.25) is 9.80 Å². The topological polar surface area (TPSA) is 43.4 Å². The first-order valence-corrected chi connectivity index (χ1v) is 8.59. The molecule has 22 heavy (non-hydrogen) atoms. The van der Waals surface area contributed by atoms with Gasteiger partial charge < -0.3 is 18.9 Å². The van der Waals surface area contributed by atoms with Crippen molar-refractivity contribution in [3.8, 4) is 0 Å². The fraction of sp³-hybridized carbons (Fsp3) is 1.00. The van der Waals surface area contributed by atoms with Crippen molar-refractivity contribution in [2.45, 2.75) is 50.3 Å². The minimum atomic E-state index is -0.0259. The van der Waals surface area contributed by atoms with Crippen molar-refractivity contribution in [1.82, 2.24) is 9.80 Å². The molecular formula is C16H30N2O4. The van der Waals surface area contributed by atoms with Crippen molar-refractivity contribution in [3.63, 3.8) is 0 Å². The van der Waals surface area contributed by atoms with E-state index in [0.29, 0.717) is 12.1 Å². The summed E-state index contributed by atoms with van der Waals surface area (Å²) in [6.45, 7) is 4.72. The van der Waals surface area contributed by atoms with Gasteiger partial charge in [0.05, 0.1) is 26.4 Å². The Bertz CT molecular complexity index is 292. The predicted molar refractivity (Wildman–Crippen MR) is 82.7 cm³/mol. The molecule has 3 rings (SSSR count). The lowest BCUT2D eigenvalue weighted by Crippen LogP contribution is -2.45. The van der Waals surface area contributed by atoms with Gasteiger partial charge in [0.15, 0.2) is 12.6 Å².